The first-order valence-corrected chi connectivity index (χ1v) is 8.05. The summed E-state index contributed by atoms with van der Waals surface area (Å²) < 4.78 is 15.5. The Morgan fingerprint density at radius 3 is 2.75 bits per heavy atom. The van der Waals surface area contributed by atoms with Crippen LogP contribution in [0.2, 0.25) is 5.02 Å². The lowest BCUT2D eigenvalue weighted by molar-refractivity contribution is -0.139. The SMILES string of the molecule is O=C(O)COc1ccc(Cl)cc1CN1CCC2(CC1)COC(=O)O2. The van der Waals surface area contributed by atoms with E-state index in [1.165, 1.54) is 0 Å². The zero-order valence-corrected chi connectivity index (χ0v) is 13.8. The van der Waals surface area contributed by atoms with Crippen molar-refractivity contribution in [3.05, 3.63) is 28.8 Å². The Bertz CT molecular complexity index is 641. The molecular weight excluding hydrogens is 338 g/mol. The first-order chi connectivity index (χ1) is 11.5. The van der Waals surface area contributed by atoms with Crippen LogP contribution >= 0.6 is 11.6 Å². The Balaban J connectivity index is 1.63. The van der Waals surface area contributed by atoms with Crippen LogP contribution in [0.5, 0.6) is 5.75 Å². The van der Waals surface area contributed by atoms with Crippen molar-refractivity contribution in [1.29, 1.82) is 0 Å². The van der Waals surface area contributed by atoms with Gasteiger partial charge >= 0.3 is 12.1 Å². The largest absolute Gasteiger partial charge is 0.509 e. The minimum absolute atomic E-state index is 0.309. The van der Waals surface area contributed by atoms with Gasteiger partial charge in [0.05, 0.1) is 0 Å². The van der Waals surface area contributed by atoms with Gasteiger partial charge in [-0.1, -0.05) is 11.6 Å². The van der Waals surface area contributed by atoms with Crippen LogP contribution in [0.15, 0.2) is 18.2 Å². The van der Waals surface area contributed by atoms with E-state index < -0.39 is 24.3 Å². The smallest absolute Gasteiger partial charge is 0.482 e. The Labute approximate surface area is 144 Å². The topological polar surface area (TPSA) is 85.3 Å². The van der Waals surface area contributed by atoms with Crippen molar-refractivity contribution in [2.75, 3.05) is 26.3 Å². The molecule has 0 aliphatic carbocycles. The van der Waals surface area contributed by atoms with Crippen LogP contribution in [0.3, 0.4) is 0 Å². The van der Waals surface area contributed by atoms with Gasteiger partial charge in [0.2, 0.25) is 0 Å². The van der Waals surface area contributed by atoms with E-state index in [2.05, 4.69) is 4.90 Å². The molecule has 3 rings (SSSR count). The van der Waals surface area contributed by atoms with Crippen molar-refractivity contribution in [2.24, 2.45) is 0 Å². The van der Waals surface area contributed by atoms with Crippen molar-refractivity contribution < 1.29 is 28.9 Å². The van der Waals surface area contributed by atoms with E-state index in [4.69, 9.17) is 30.9 Å². The van der Waals surface area contributed by atoms with Gasteiger partial charge in [0, 0.05) is 43.1 Å². The molecule has 0 atom stereocenters. The number of hydrogen-bond donors (Lipinski definition) is 1. The number of ether oxygens (including phenoxy) is 3. The summed E-state index contributed by atoms with van der Waals surface area (Å²) in [6, 6.07) is 5.13. The summed E-state index contributed by atoms with van der Waals surface area (Å²) in [5, 5.41) is 9.34. The van der Waals surface area contributed by atoms with Crippen molar-refractivity contribution >= 4 is 23.7 Å². The number of benzene rings is 1. The molecule has 7 nitrogen and oxygen atoms in total. The monoisotopic (exact) mass is 355 g/mol. The molecule has 2 aliphatic heterocycles. The van der Waals surface area contributed by atoms with Gasteiger partial charge in [0.25, 0.3) is 0 Å². The number of rotatable bonds is 5. The quantitative estimate of drug-likeness (QED) is 0.811. The molecule has 2 aliphatic rings. The number of halogens is 1. The summed E-state index contributed by atoms with van der Waals surface area (Å²) in [5.41, 5.74) is 0.337. The first kappa shape index (κ1) is 16.9. The van der Waals surface area contributed by atoms with Crippen LogP contribution in [-0.2, 0) is 20.8 Å². The third-order valence-corrected chi connectivity index (χ3v) is 4.52. The Morgan fingerprint density at radius 2 is 2.12 bits per heavy atom. The van der Waals surface area contributed by atoms with Gasteiger partial charge < -0.3 is 19.3 Å². The molecule has 0 aromatic heterocycles. The molecule has 2 fully saturated rings. The van der Waals surface area contributed by atoms with Gasteiger partial charge in [-0.2, -0.15) is 0 Å². The van der Waals surface area contributed by atoms with E-state index in [0.29, 0.717) is 36.8 Å². The fraction of sp³-hybridized carbons (Fsp3) is 0.500. The number of carboxylic acids is 1. The number of carbonyl (C=O) groups is 2. The van der Waals surface area contributed by atoms with Gasteiger partial charge in [-0.05, 0) is 18.2 Å². The molecule has 0 bridgehead atoms. The summed E-state index contributed by atoms with van der Waals surface area (Å²) in [7, 11) is 0. The Hall–Kier alpha value is -1.99. The lowest BCUT2D eigenvalue weighted by atomic mass is 9.92. The maximum absolute atomic E-state index is 11.2. The van der Waals surface area contributed by atoms with Gasteiger partial charge in [0.1, 0.15) is 12.4 Å². The molecule has 1 N–H and O–H groups in total. The maximum atomic E-state index is 11.2. The minimum atomic E-state index is -1.03. The highest BCUT2D eigenvalue weighted by Gasteiger charge is 2.44. The van der Waals surface area contributed by atoms with Crippen molar-refractivity contribution in [1.82, 2.24) is 4.90 Å². The fourth-order valence-corrected chi connectivity index (χ4v) is 3.18. The van der Waals surface area contributed by atoms with E-state index >= 15 is 0 Å². The average molecular weight is 356 g/mol. The predicted octanol–water partition coefficient (Wildman–Crippen LogP) is 2.30. The fourth-order valence-electron chi connectivity index (χ4n) is 2.98. The molecule has 1 aromatic rings. The van der Waals surface area contributed by atoms with Crippen LogP contribution in [0.4, 0.5) is 4.79 Å². The number of aliphatic carboxylic acids is 1. The second-order valence-electron chi connectivity index (χ2n) is 6.03. The molecule has 0 unspecified atom stereocenters. The van der Waals surface area contributed by atoms with Crippen LogP contribution in [-0.4, -0.2) is 54.0 Å². The third kappa shape index (κ3) is 3.91. The summed E-state index contributed by atoms with van der Waals surface area (Å²) in [4.78, 5) is 24.0. The van der Waals surface area contributed by atoms with Crippen LogP contribution in [0.25, 0.3) is 0 Å². The number of piperidine rings is 1. The predicted molar refractivity (Wildman–Crippen MR) is 84.3 cm³/mol. The second-order valence-corrected chi connectivity index (χ2v) is 6.47. The van der Waals surface area contributed by atoms with E-state index in [1.54, 1.807) is 18.2 Å². The molecule has 0 amide bonds. The zero-order valence-electron chi connectivity index (χ0n) is 13.0. The number of likely N-dealkylation sites (tertiary alicyclic amines) is 1. The zero-order chi connectivity index (χ0) is 17.2. The Morgan fingerprint density at radius 1 is 1.38 bits per heavy atom. The van der Waals surface area contributed by atoms with E-state index in [9.17, 15) is 9.59 Å². The van der Waals surface area contributed by atoms with Gasteiger partial charge in [0.15, 0.2) is 12.2 Å². The van der Waals surface area contributed by atoms with Crippen LogP contribution in [0, 0.1) is 0 Å². The number of cyclic esters (lactones) is 1. The average Bonchev–Trinajstić information content (AvgIpc) is 2.90. The third-order valence-electron chi connectivity index (χ3n) is 4.29. The Kier molecular flexibility index (Phi) is 4.82. The summed E-state index contributed by atoms with van der Waals surface area (Å²) in [6.45, 7) is 1.97. The molecule has 8 heteroatoms. The molecule has 24 heavy (non-hydrogen) atoms. The van der Waals surface area contributed by atoms with Crippen molar-refractivity contribution in [3.8, 4) is 5.75 Å². The van der Waals surface area contributed by atoms with Gasteiger partial charge in [-0.3, -0.25) is 4.90 Å². The summed E-state index contributed by atoms with van der Waals surface area (Å²) in [5.74, 6) is -0.517. The van der Waals surface area contributed by atoms with Gasteiger partial charge in [-0.25, -0.2) is 9.59 Å². The van der Waals surface area contributed by atoms with E-state index in [0.717, 1.165) is 18.7 Å². The summed E-state index contributed by atoms with van der Waals surface area (Å²) in [6.07, 6.45) is 0.803. The molecule has 0 saturated carbocycles. The second kappa shape index (κ2) is 6.86. The standard InChI is InChI=1S/C16H18ClNO6/c17-12-1-2-13(22-9-14(19)20)11(7-12)8-18-5-3-16(4-6-18)10-23-15(21)24-16/h1-2,7H,3-6,8-10H2,(H,19,20). The molecule has 1 aromatic carbocycles. The van der Waals surface area contributed by atoms with Gasteiger partial charge in [-0.15, -0.1) is 0 Å². The molecule has 0 radical (unpaired) electrons. The lowest BCUT2D eigenvalue weighted by Gasteiger charge is -2.36. The lowest BCUT2D eigenvalue weighted by Crippen LogP contribution is -2.45. The maximum Gasteiger partial charge on any atom is 0.509 e. The molecule has 1 spiro atoms. The normalized spacial score (nSPS) is 19.8. The molecule has 2 heterocycles. The summed E-state index contributed by atoms with van der Waals surface area (Å²) >= 11 is 6.05. The number of hydrogen-bond acceptors (Lipinski definition) is 6. The minimum Gasteiger partial charge on any atom is -0.482 e. The first-order valence-electron chi connectivity index (χ1n) is 7.67. The number of carboxylic acid groups (broad SMARTS) is 1. The highest BCUT2D eigenvalue weighted by atomic mass is 35.5. The highest BCUT2D eigenvalue weighted by molar-refractivity contribution is 6.30. The highest BCUT2D eigenvalue weighted by Crippen LogP contribution is 2.33. The molecular formula is C16H18ClNO6. The number of nitrogens with zero attached hydrogens (tertiary/aromatic N) is 1. The van der Waals surface area contributed by atoms with Crippen molar-refractivity contribution in [3.63, 3.8) is 0 Å². The van der Waals surface area contributed by atoms with E-state index in [1.807, 2.05) is 0 Å². The van der Waals surface area contributed by atoms with Crippen LogP contribution in [0.1, 0.15) is 18.4 Å². The molecule has 130 valence electrons. The van der Waals surface area contributed by atoms with Crippen LogP contribution < -0.4 is 4.74 Å². The van der Waals surface area contributed by atoms with Crippen molar-refractivity contribution in [2.45, 2.75) is 25.0 Å². The van der Waals surface area contributed by atoms with E-state index in [-0.39, 0.29) is 0 Å². The number of carbonyl (C=O) groups excluding carboxylic acids is 1. The molecule has 2 saturated heterocycles.